The molecule has 0 saturated carbocycles. The zero-order valence-electron chi connectivity index (χ0n) is 10.4. The highest BCUT2D eigenvalue weighted by molar-refractivity contribution is 6.03. The van der Waals surface area contributed by atoms with E-state index >= 15 is 0 Å². The molecule has 2 N–H and O–H groups in total. The lowest BCUT2D eigenvalue weighted by molar-refractivity contribution is -0.192. The van der Waals surface area contributed by atoms with Gasteiger partial charge < -0.3 is 10.2 Å². The second-order valence-corrected chi connectivity index (χ2v) is 4.57. The predicted molar refractivity (Wildman–Crippen MR) is 59.2 cm³/mol. The number of rotatable bonds is 2. The highest BCUT2D eigenvalue weighted by atomic mass is 19.4. The summed E-state index contributed by atoms with van der Waals surface area (Å²) < 4.78 is 62.6. The van der Waals surface area contributed by atoms with Crippen LogP contribution in [0, 0.1) is 5.92 Å². The normalized spacial score (nSPS) is 23.5. The lowest BCUT2D eigenvalue weighted by Gasteiger charge is -2.23. The smallest absolute Gasteiger partial charge is 0.418 e. The fraction of sp³-hybridized carbons (Fsp3) is 0.583. The van der Waals surface area contributed by atoms with E-state index in [9.17, 15) is 31.9 Å². The van der Waals surface area contributed by atoms with Crippen molar-refractivity contribution in [1.82, 2.24) is 0 Å². The molecular formula is C12H13F5O3. The van der Waals surface area contributed by atoms with Crippen LogP contribution in [0.1, 0.15) is 19.8 Å². The highest BCUT2D eigenvalue weighted by Crippen LogP contribution is 2.34. The van der Waals surface area contributed by atoms with Crippen molar-refractivity contribution in [2.45, 2.75) is 38.5 Å². The van der Waals surface area contributed by atoms with Crippen LogP contribution < -0.4 is 0 Å². The maximum Gasteiger partial charge on any atom is 0.418 e. The number of ketones is 1. The van der Waals surface area contributed by atoms with Gasteiger partial charge in [0.2, 0.25) is 5.78 Å². The zero-order valence-corrected chi connectivity index (χ0v) is 10.4. The van der Waals surface area contributed by atoms with Crippen molar-refractivity contribution in [1.29, 1.82) is 0 Å². The van der Waals surface area contributed by atoms with E-state index < -0.39 is 53.7 Å². The number of alkyl halides is 5. The Morgan fingerprint density at radius 3 is 2.35 bits per heavy atom. The van der Waals surface area contributed by atoms with Gasteiger partial charge in [-0.3, -0.25) is 4.79 Å². The van der Waals surface area contributed by atoms with E-state index in [1.807, 2.05) is 0 Å². The molecule has 0 spiro atoms. The number of carbonyl (C=O) groups excluding carboxylic acids is 1. The van der Waals surface area contributed by atoms with Crippen LogP contribution in [0.5, 0.6) is 0 Å². The Morgan fingerprint density at radius 1 is 1.35 bits per heavy atom. The molecule has 0 aromatic rings. The lowest BCUT2D eigenvalue weighted by Crippen LogP contribution is -2.33. The Morgan fingerprint density at radius 2 is 1.90 bits per heavy atom. The number of allylic oxidation sites excluding steroid dienone is 2. The van der Waals surface area contributed by atoms with Gasteiger partial charge >= 0.3 is 6.18 Å². The summed E-state index contributed by atoms with van der Waals surface area (Å²) in [6.45, 7) is 1.34. The summed E-state index contributed by atoms with van der Waals surface area (Å²) in [5.74, 6) is -3.51. The lowest BCUT2D eigenvalue weighted by atomic mass is 9.87. The number of hydrogen-bond donors (Lipinski definition) is 2. The molecule has 0 aliphatic heterocycles. The molecule has 1 aliphatic rings. The summed E-state index contributed by atoms with van der Waals surface area (Å²) >= 11 is 0. The number of hydrogen-bond acceptors (Lipinski definition) is 3. The van der Waals surface area contributed by atoms with Crippen molar-refractivity contribution in [2.75, 3.05) is 0 Å². The predicted octanol–water partition coefficient (Wildman–Crippen LogP) is 2.91. The summed E-state index contributed by atoms with van der Waals surface area (Å²) in [6.07, 6.45) is -11.2. The molecule has 114 valence electrons. The summed E-state index contributed by atoms with van der Waals surface area (Å²) in [6, 6.07) is 0. The van der Waals surface area contributed by atoms with Gasteiger partial charge in [-0.05, 0) is 24.8 Å². The first-order valence-electron chi connectivity index (χ1n) is 5.76. The minimum absolute atomic E-state index is 0.143. The molecule has 0 fully saturated rings. The SMILES string of the molecule is CC1CCC(C(O)C(F)(F)F)=C(O)C(=O)C=C1C(F)F. The van der Waals surface area contributed by atoms with Gasteiger partial charge in [0.1, 0.15) is 0 Å². The first-order chi connectivity index (χ1) is 9.05. The molecule has 1 aliphatic carbocycles. The largest absolute Gasteiger partial charge is 0.504 e. The Hall–Kier alpha value is -1.44. The van der Waals surface area contributed by atoms with E-state index in [1.54, 1.807) is 0 Å². The van der Waals surface area contributed by atoms with Gasteiger partial charge in [0.15, 0.2) is 11.9 Å². The van der Waals surface area contributed by atoms with Crippen LogP contribution in [-0.4, -0.2) is 34.7 Å². The fourth-order valence-electron chi connectivity index (χ4n) is 1.92. The topological polar surface area (TPSA) is 57.5 Å². The van der Waals surface area contributed by atoms with Crippen LogP contribution >= 0.6 is 0 Å². The first-order valence-corrected chi connectivity index (χ1v) is 5.76. The monoisotopic (exact) mass is 300 g/mol. The van der Waals surface area contributed by atoms with Crippen molar-refractivity contribution in [3.63, 3.8) is 0 Å². The Bertz CT molecular complexity index is 450. The molecule has 0 aromatic heterocycles. The fourth-order valence-corrected chi connectivity index (χ4v) is 1.92. The van der Waals surface area contributed by atoms with Crippen LogP contribution in [0.3, 0.4) is 0 Å². The number of halogens is 5. The van der Waals surface area contributed by atoms with Gasteiger partial charge in [-0.1, -0.05) is 6.92 Å². The molecule has 0 heterocycles. The van der Waals surface area contributed by atoms with Crippen molar-refractivity contribution in [2.24, 2.45) is 5.92 Å². The van der Waals surface area contributed by atoms with Gasteiger partial charge in [0, 0.05) is 11.1 Å². The molecule has 2 unspecified atom stereocenters. The summed E-state index contributed by atoms with van der Waals surface area (Å²) in [4.78, 5) is 11.5. The minimum atomic E-state index is -5.04. The van der Waals surface area contributed by atoms with Crippen molar-refractivity contribution in [3.8, 4) is 0 Å². The first kappa shape index (κ1) is 16.6. The van der Waals surface area contributed by atoms with Gasteiger partial charge in [-0.2, -0.15) is 13.2 Å². The summed E-state index contributed by atoms with van der Waals surface area (Å²) in [7, 11) is 0. The van der Waals surface area contributed by atoms with E-state index in [4.69, 9.17) is 5.11 Å². The van der Waals surface area contributed by atoms with Crippen LogP contribution in [0.4, 0.5) is 22.0 Å². The molecule has 0 amide bonds. The van der Waals surface area contributed by atoms with E-state index in [2.05, 4.69) is 0 Å². The zero-order chi connectivity index (χ0) is 15.7. The van der Waals surface area contributed by atoms with E-state index in [0.717, 1.165) is 0 Å². The second-order valence-electron chi connectivity index (χ2n) is 4.57. The average molecular weight is 300 g/mol. The number of aliphatic hydroxyl groups is 2. The Labute approximate surface area is 111 Å². The molecule has 0 aromatic carbocycles. The van der Waals surface area contributed by atoms with E-state index in [-0.39, 0.29) is 6.42 Å². The maximum absolute atomic E-state index is 12.7. The third-order valence-electron chi connectivity index (χ3n) is 3.14. The van der Waals surface area contributed by atoms with Gasteiger partial charge in [-0.15, -0.1) is 0 Å². The summed E-state index contributed by atoms with van der Waals surface area (Å²) in [5, 5.41) is 18.6. The molecule has 8 heteroatoms. The standard InChI is InChI=1S/C12H13F5O3/c1-5-2-3-6(10(20)12(15,16)17)9(19)8(18)4-7(5)11(13)14/h4-5,10-11,19-20H,2-3H2,1H3. The molecule has 0 bridgehead atoms. The van der Waals surface area contributed by atoms with Crippen LogP contribution in [-0.2, 0) is 4.79 Å². The molecular weight excluding hydrogens is 287 g/mol. The van der Waals surface area contributed by atoms with Crippen LogP contribution in [0.15, 0.2) is 23.0 Å². The van der Waals surface area contributed by atoms with Crippen molar-refractivity contribution < 1.29 is 37.0 Å². The van der Waals surface area contributed by atoms with E-state index in [1.165, 1.54) is 6.92 Å². The maximum atomic E-state index is 12.7. The molecule has 3 nitrogen and oxygen atoms in total. The molecule has 2 atom stereocenters. The van der Waals surface area contributed by atoms with Crippen molar-refractivity contribution in [3.05, 3.63) is 23.0 Å². The minimum Gasteiger partial charge on any atom is -0.504 e. The summed E-state index contributed by atoms with van der Waals surface area (Å²) in [5.41, 5.74) is -1.43. The molecule has 0 saturated heterocycles. The molecule has 0 radical (unpaired) electrons. The molecule has 1 rings (SSSR count). The molecule has 20 heavy (non-hydrogen) atoms. The number of carbonyl (C=O) groups is 1. The van der Waals surface area contributed by atoms with Gasteiger partial charge in [0.25, 0.3) is 6.43 Å². The van der Waals surface area contributed by atoms with Crippen molar-refractivity contribution >= 4 is 5.78 Å². The van der Waals surface area contributed by atoms with Gasteiger partial charge in [0.05, 0.1) is 0 Å². The average Bonchev–Trinajstić information content (AvgIpc) is 2.32. The van der Waals surface area contributed by atoms with Crippen LogP contribution in [0.25, 0.3) is 0 Å². The second kappa shape index (κ2) is 5.90. The Kier molecular flexibility index (Phi) is 4.90. The number of aliphatic hydroxyl groups excluding tert-OH is 2. The Balaban J connectivity index is 3.23. The third-order valence-corrected chi connectivity index (χ3v) is 3.14. The van der Waals surface area contributed by atoms with Crippen LogP contribution in [0.2, 0.25) is 0 Å². The van der Waals surface area contributed by atoms with E-state index in [0.29, 0.717) is 6.08 Å². The third kappa shape index (κ3) is 3.56. The van der Waals surface area contributed by atoms with Gasteiger partial charge in [-0.25, -0.2) is 8.78 Å². The quantitative estimate of drug-likeness (QED) is 0.771. The highest BCUT2D eigenvalue weighted by Gasteiger charge is 2.43.